The number of halogens is 2. The second-order valence-electron chi connectivity index (χ2n) is 7.39. The summed E-state index contributed by atoms with van der Waals surface area (Å²) in [5.41, 5.74) is 3.46. The van der Waals surface area contributed by atoms with Crippen LogP contribution in [0.1, 0.15) is 36.5 Å². The molecule has 162 valence electrons. The van der Waals surface area contributed by atoms with E-state index in [1.807, 2.05) is 30.1 Å². The van der Waals surface area contributed by atoms with Gasteiger partial charge < -0.3 is 15.1 Å². The van der Waals surface area contributed by atoms with Gasteiger partial charge in [0.2, 0.25) is 5.91 Å². The molecular weight excluding hydrogens is 511 g/mol. The number of guanidine groups is 1. The van der Waals surface area contributed by atoms with Crippen LogP contribution in [0.3, 0.4) is 0 Å². The number of rotatable bonds is 7. The van der Waals surface area contributed by atoms with E-state index >= 15 is 0 Å². The van der Waals surface area contributed by atoms with E-state index in [-0.39, 0.29) is 29.9 Å². The van der Waals surface area contributed by atoms with Crippen LogP contribution in [0.5, 0.6) is 0 Å². The van der Waals surface area contributed by atoms with Gasteiger partial charge in [-0.25, -0.2) is 4.99 Å². The van der Waals surface area contributed by atoms with E-state index in [0.717, 1.165) is 53.7 Å². The molecule has 1 aliphatic rings. The quantitative estimate of drug-likeness (QED) is 0.315. The summed E-state index contributed by atoms with van der Waals surface area (Å²) in [5, 5.41) is 4.09. The molecule has 1 saturated heterocycles. The molecule has 0 radical (unpaired) electrons. The second kappa shape index (κ2) is 12.2. The standard InChI is InChI=1S/C23H29ClN4O.HI/c1-3-25-23(27(2)16-20-6-4-7-21(24)14-20)26-15-18-9-11-19(12-10-18)17-28-13-5-8-22(28)29;/h4,6-7,9-12,14H,3,5,8,13,15-17H2,1-2H3,(H,25,26);1H. The van der Waals surface area contributed by atoms with Crippen LogP contribution in [0.15, 0.2) is 53.5 Å². The fraction of sp³-hybridized carbons (Fsp3) is 0.391. The molecule has 0 aliphatic carbocycles. The normalized spacial score (nSPS) is 13.9. The van der Waals surface area contributed by atoms with Crippen LogP contribution in [-0.4, -0.2) is 41.8 Å². The number of nitrogens with zero attached hydrogens (tertiary/aromatic N) is 3. The average molecular weight is 541 g/mol. The van der Waals surface area contributed by atoms with Gasteiger partial charge >= 0.3 is 0 Å². The van der Waals surface area contributed by atoms with Gasteiger partial charge in [0.1, 0.15) is 0 Å². The highest BCUT2D eigenvalue weighted by atomic mass is 127. The van der Waals surface area contributed by atoms with E-state index < -0.39 is 0 Å². The average Bonchev–Trinajstić information content (AvgIpc) is 3.10. The maximum atomic E-state index is 11.8. The van der Waals surface area contributed by atoms with Crippen molar-refractivity contribution in [2.24, 2.45) is 4.99 Å². The zero-order valence-corrected chi connectivity index (χ0v) is 20.7. The van der Waals surface area contributed by atoms with Crippen LogP contribution >= 0.6 is 35.6 Å². The Balaban J connectivity index is 0.00000320. The van der Waals surface area contributed by atoms with Crippen LogP contribution in [0.4, 0.5) is 0 Å². The predicted molar refractivity (Wildman–Crippen MR) is 134 cm³/mol. The van der Waals surface area contributed by atoms with E-state index in [0.29, 0.717) is 19.5 Å². The molecule has 0 aromatic heterocycles. The molecule has 1 amide bonds. The van der Waals surface area contributed by atoms with Crippen molar-refractivity contribution in [1.82, 2.24) is 15.1 Å². The Morgan fingerprint density at radius 1 is 1.17 bits per heavy atom. The van der Waals surface area contributed by atoms with Gasteiger partial charge in [-0.15, -0.1) is 24.0 Å². The van der Waals surface area contributed by atoms with Crippen molar-refractivity contribution in [3.8, 4) is 0 Å². The first kappa shape index (κ1) is 24.5. The first-order chi connectivity index (χ1) is 14.0. The zero-order valence-electron chi connectivity index (χ0n) is 17.6. The molecule has 3 rings (SSSR count). The Bertz CT molecular complexity index is 857. The van der Waals surface area contributed by atoms with Crippen LogP contribution < -0.4 is 5.32 Å². The molecule has 5 nitrogen and oxygen atoms in total. The molecule has 2 aromatic carbocycles. The lowest BCUT2D eigenvalue weighted by Gasteiger charge is -2.22. The van der Waals surface area contributed by atoms with Gasteiger partial charge in [0.15, 0.2) is 5.96 Å². The number of likely N-dealkylation sites (tertiary alicyclic amines) is 1. The summed E-state index contributed by atoms with van der Waals surface area (Å²) >= 11 is 6.10. The molecule has 1 aliphatic heterocycles. The van der Waals surface area contributed by atoms with Gasteiger partial charge in [-0.05, 0) is 42.2 Å². The van der Waals surface area contributed by atoms with Crippen molar-refractivity contribution >= 4 is 47.4 Å². The molecule has 30 heavy (non-hydrogen) atoms. The van der Waals surface area contributed by atoms with Crippen LogP contribution in [0, 0.1) is 0 Å². The Morgan fingerprint density at radius 2 is 1.90 bits per heavy atom. The summed E-state index contributed by atoms with van der Waals surface area (Å²) in [7, 11) is 2.03. The zero-order chi connectivity index (χ0) is 20.6. The van der Waals surface area contributed by atoms with Gasteiger partial charge in [0.05, 0.1) is 6.54 Å². The maximum Gasteiger partial charge on any atom is 0.222 e. The summed E-state index contributed by atoms with van der Waals surface area (Å²) in [5.74, 6) is 1.12. The Hall–Kier alpha value is -1.80. The predicted octanol–water partition coefficient (Wildman–Crippen LogP) is 4.68. The van der Waals surface area contributed by atoms with Crippen molar-refractivity contribution in [2.45, 2.75) is 39.4 Å². The summed E-state index contributed by atoms with van der Waals surface area (Å²) in [6.07, 6.45) is 1.66. The largest absolute Gasteiger partial charge is 0.357 e. The van der Waals surface area contributed by atoms with Crippen LogP contribution in [0.2, 0.25) is 5.02 Å². The van der Waals surface area contributed by atoms with E-state index in [9.17, 15) is 4.79 Å². The summed E-state index contributed by atoms with van der Waals surface area (Å²) in [6, 6.07) is 16.3. The van der Waals surface area contributed by atoms with Gasteiger partial charge in [-0.3, -0.25) is 4.79 Å². The third-order valence-electron chi connectivity index (χ3n) is 4.98. The second-order valence-corrected chi connectivity index (χ2v) is 7.83. The number of carbonyl (C=O) groups is 1. The first-order valence-corrected chi connectivity index (χ1v) is 10.5. The van der Waals surface area contributed by atoms with Crippen molar-refractivity contribution in [1.29, 1.82) is 0 Å². The van der Waals surface area contributed by atoms with Gasteiger partial charge in [-0.2, -0.15) is 0 Å². The number of hydrogen-bond donors (Lipinski definition) is 1. The number of hydrogen-bond acceptors (Lipinski definition) is 2. The molecule has 1 N–H and O–H groups in total. The number of aliphatic imine (C=N–C) groups is 1. The van der Waals surface area contributed by atoms with Crippen molar-refractivity contribution < 1.29 is 4.79 Å². The highest BCUT2D eigenvalue weighted by Crippen LogP contribution is 2.15. The number of carbonyl (C=O) groups excluding carboxylic acids is 1. The van der Waals surface area contributed by atoms with E-state index in [4.69, 9.17) is 16.6 Å². The minimum atomic E-state index is 0. The number of nitrogens with one attached hydrogen (secondary N) is 1. The molecule has 1 fully saturated rings. The third-order valence-corrected chi connectivity index (χ3v) is 5.22. The Morgan fingerprint density at radius 3 is 2.53 bits per heavy atom. The molecule has 0 spiro atoms. The molecule has 0 saturated carbocycles. The highest BCUT2D eigenvalue weighted by molar-refractivity contribution is 14.0. The highest BCUT2D eigenvalue weighted by Gasteiger charge is 2.19. The monoisotopic (exact) mass is 540 g/mol. The van der Waals surface area contributed by atoms with Gasteiger partial charge in [0, 0.05) is 44.7 Å². The molecular formula is C23H30ClIN4O. The molecule has 0 atom stereocenters. The van der Waals surface area contributed by atoms with E-state index in [1.54, 1.807) is 0 Å². The van der Waals surface area contributed by atoms with Gasteiger partial charge in [-0.1, -0.05) is 48.0 Å². The molecule has 2 aromatic rings. The third kappa shape index (κ3) is 7.16. The summed E-state index contributed by atoms with van der Waals surface area (Å²) in [4.78, 5) is 20.6. The lowest BCUT2D eigenvalue weighted by molar-refractivity contribution is -0.128. The van der Waals surface area contributed by atoms with E-state index in [2.05, 4.69) is 47.5 Å². The molecule has 0 unspecified atom stereocenters. The lowest BCUT2D eigenvalue weighted by Crippen LogP contribution is -2.38. The first-order valence-electron chi connectivity index (χ1n) is 10.1. The molecule has 7 heteroatoms. The number of amides is 1. The Labute approximate surface area is 201 Å². The van der Waals surface area contributed by atoms with Crippen LogP contribution in [-0.2, 0) is 24.4 Å². The summed E-state index contributed by atoms with van der Waals surface area (Å²) < 4.78 is 0. The van der Waals surface area contributed by atoms with Crippen molar-refractivity contribution in [3.63, 3.8) is 0 Å². The minimum Gasteiger partial charge on any atom is -0.357 e. The SMILES string of the molecule is CCNC(=NCc1ccc(CN2CCCC2=O)cc1)N(C)Cc1cccc(Cl)c1.I. The van der Waals surface area contributed by atoms with Gasteiger partial charge in [0.25, 0.3) is 0 Å². The smallest absolute Gasteiger partial charge is 0.222 e. The van der Waals surface area contributed by atoms with Crippen LogP contribution in [0.25, 0.3) is 0 Å². The minimum absolute atomic E-state index is 0. The number of benzene rings is 2. The fourth-order valence-electron chi connectivity index (χ4n) is 3.46. The molecule has 1 heterocycles. The van der Waals surface area contributed by atoms with E-state index in [1.165, 1.54) is 0 Å². The fourth-order valence-corrected chi connectivity index (χ4v) is 3.67. The lowest BCUT2D eigenvalue weighted by atomic mass is 10.1. The topological polar surface area (TPSA) is 47.9 Å². The van der Waals surface area contributed by atoms with Crippen molar-refractivity contribution in [3.05, 3.63) is 70.2 Å². The van der Waals surface area contributed by atoms with Crippen molar-refractivity contribution in [2.75, 3.05) is 20.1 Å². The molecule has 0 bridgehead atoms. The maximum absolute atomic E-state index is 11.8. The summed E-state index contributed by atoms with van der Waals surface area (Å²) in [6.45, 7) is 5.78. The Kier molecular flexibility index (Phi) is 9.91.